The van der Waals surface area contributed by atoms with Crippen molar-refractivity contribution in [3.05, 3.63) is 240 Å². The van der Waals surface area contributed by atoms with Gasteiger partial charge in [0.25, 0.3) is 11.8 Å². The third kappa shape index (κ3) is 10.3. The number of aromatic nitrogens is 4. The lowest BCUT2D eigenvalue weighted by Crippen LogP contribution is -2.07. The number of halogens is 12. The summed E-state index contributed by atoms with van der Waals surface area (Å²) in [4.78, 5) is 48.0. The zero-order valence-electron chi connectivity index (χ0n) is 43.4. The molecular weight excluding hydrogens is 1330 g/mol. The van der Waals surface area contributed by atoms with Crippen LogP contribution < -0.4 is 10.6 Å². The maximum atomic E-state index is 15.1. The number of nitrogens with zero attached hydrogens (tertiary/aromatic N) is 2. The number of hydrogen-bond donors (Lipinski definition) is 4. The minimum atomic E-state index is -0.532. The summed E-state index contributed by atoms with van der Waals surface area (Å²) in [5.74, 6) is -1.06. The van der Waals surface area contributed by atoms with Crippen LogP contribution in [-0.2, 0) is 0 Å². The van der Waals surface area contributed by atoms with Gasteiger partial charge in [0, 0.05) is 109 Å². The van der Waals surface area contributed by atoms with Gasteiger partial charge in [0.1, 0.15) is 0 Å². The second kappa shape index (κ2) is 23.4. The number of anilines is 2. The van der Waals surface area contributed by atoms with E-state index in [1.165, 1.54) is 0 Å². The Kier molecular flexibility index (Phi) is 15.9. The fraction of sp³-hybridized carbons (Fsp3) is 0. The van der Waals surface area contributed by atoms with Crippen LogP contribution in [0.1, 0.15) is 43.5 Å². The summed E-state index contributed by atoms with van der Waals surface area (Å²) in [5, 5.41) is 9.37. The average molecular weight is 1370 g/mol. The largest absolute Gasteiger partial charge is 0.354 e. The van der Waals surface area contributed by atoms with Gasteiger partial charge < -0.3 is 20.6 Å². The van der Waals surface area contributed by atoms with E-state index >= 15 is 9.59 Å². The van der Waals surface area contributed by atoms with E-state index in [-0.39, 0.29) is 62.7 Å². The van der Waals surface area contributed by atoms with Gasteiger partial charge in [-0.2, -0.15) is 0 Å². The summed E-state index contributed by atoms with van der Waals surface area (Å²) in [6.45, 7) is 0. The Labute approximate surface area is 550 Å². The van der Waals surface area contributed by atoms with Crippen molar-refractivity contribution in [3.8, 4) is 66.8 Å². The number of H-pyrrole nitrogens is 2. The van der Waals surface area contributed by atoms with Gasteiger partial charge in [0.05, 0.1) is 85.5 Å². The molecule has 7 heterocycles. The molecule has 20 heteroatoms. The second-order valence-electron chi connectivity index (χ2n) is 19.7. The number of rotatable bonds is 6. The van der Waals surface area contributed by atoms with E-state index in [1.807, 2.05) is 0 Å². The molecule has 12 bridgehead atoms. The molecule has 0 aliphatic carbocycles. The maximum absolute atomic E-state index is 15.1. The number of carbonyl (C=O) groups is 2. The molecule has 9 aromatic rings. The van der Waals surface area contributed by atoms with Crippen molar-refractivity contribution < 1.29 is 9.59 Å². The van der Waals surface area contributed by atoms with Gasteiger partial charge in [0.15, 0.2) is 0 Å². The van der Waals surface area contributed by atoms with Crippen LogP contribution in [0.4, 0.5) is 11.4 Å². The van der Waals surface area contributed by atoms with E-state index in [0.717, 1.165) is 0 Å². The van der Waals surface area contributed by atoms with Gasteiger partial charge >= 0.3 is 0 Å². The molecule has 4 aliphatic heterocycles. The first-order valence-corrected chi connectivity index (χ1v) is 30.4. The Hall–Kier alpha value is -6.70. The van der Waals surface area contributed by atoms with Gasteiger partial charge in [-0.05, 0) is 133 Å². The van der Waals surface area contributed by atoms with Gasteiger partial charge in [0.2, 0.25) is 0 Å². The molecule has 0 radical (unpaired) electrons. The van der Waals surface area contributed by atoms with Crippen molar-refractivity contribution in [2.24, 2.45) is 0 Å². The highest BCUT2D eigenvalue weighted by Crippen LogP contribution is 2.50. The first-order valence-electron chi connectivity index (χ1n) is 25.8. The number of hydrogen-bond acceptors (Lipinski definition) is 4. The third-order valence-electron chi connectivity index (χ3n) is 14.7. The van der Waals surface area contributed by atoms with Crippen molar-refractivity contribution in [2.75, 3.05) is 10.6 Å². The predicted octanol–water partition coefficient (Wildman–Crippen LogP) is 23.9. The van der Waals surface area contributed by atoms with Crippen molar-refractivity contribution in [2.45, 2.75) is 0 Å². The highest BCUT2D eigenvalue weighted by atomic mass is 35.5. The molecule has 8 nitrogen and oxygen atoms in total. The summed E-state index contributed by atoms with van der Waals surface area (Å²) in [6, 6.07) is 41.1. The highest BCUT2D eigenvalue weighted by molar-refractivity contribution is 6.44. The van der Waals surface area contributed by atoms with Gasteiger partial charge in [-0.3, -0.25) is 9.59 Å². The standard InChI is InChI=1S/C66H32Cl12N6O2/c67-31-7-1-8-32(68)55(31)53-29-27-51(83-65(29)85)63(59-39(75)15-5-16-40(59)76)49-25-24-48(82-49)62(58-37(73)13-4-14-38(58)74)46-22-20-44(80-46)54(56-33(69)9-2-10-34(56)70)30-28-52(84-66(30)86)64(60-41(77)17-6-18-42(60)78)50-26-23-47(81-50)61(45-21-19-43(53)79-45)57-35(71)11-3-12-36(57)72/h1-28,79-80H,(H,83,85)(H,84,86). The van der Waals surface area contributed by atoms with Crippen molar-refractivity contribution in [3.63, 3.8) is 0 Å². The number of fused-ring (bicyclic) bond motifs is 12. The summed E-state index contributed by atoms with van der Waals surface area (Å²) < 4.78 is 0. The summed E-state index contributed by atoms with van der Waals surface area (Å²) >= 11 is 85.7. The Morgan fingerprint density at radius 1 is 0.256 bits per heavy atom. The summed E-state index contributed by atoms with van der Waals surface area (Å²) in [6.07, 6.45) is 7.10. The third-order valence-corrected chi connectivity index (χ3v) is 18.5. The topological polar surface area (TPSA) is 116 Å². The quantitative estimate of drug-likeness (QED) is 0.133. The fourth-order valence-electron chi connectivity index (χ4n) is 11.0. The van der Waals surface area contributed by atoms with Gasteiger partial charge in [-0.1, -0.05) is 176 Å². The molecule has 0 unspecified atom stereocenters. The minimum Gasteiger partial charge on any atom is -0.354 e. The molecule has 0 saturated heterocycles. The number of nitrogens with one attached hydrogen (secondary N) is 4. The number of benzene rings is 6. The molecule has 4 N–H and O–H groups in total. The molecule has 0 atom stereocenters. The van der Waals surface area contributed by atoms with E-state index in [9.17, 15) is 0 Å². The maximum Gasteiger partial charge on any atom is 0.256 e. The number of aromatic amines is 2. The van der Waals surface area contributed by atoms with Crippen molar-refractivity contribution in [1.29, 1.82) is 0 Å². The molecule has 2 amide bonds. The normalized spacial score (nSPS) is 12.6. The Bertz CT molecular complexity index is 4510. The number of carbonyl (C=O) groups excluding carboxylic acids is 2. The highest BCUT2D eigenvalue weighted by Gasteiger charge is 2.31. The molecule has 4 aliphatic rings. The summed E-state index contributed by atoms with van der Waals surface area (Å²) in [7, 11) is 0. The molecule has 86 heavy (non-hydrogen) atoms. The molecule has 0 fully saturated rings. The number of amides is 2. The SMILES string of the molecule is O=C1Nc2cc1c(-c1c(Cl)cccc1Cl)c1ccc([nH]1)c(-c1c(Cl)cccc1Cl)c1nc(c(-c3c(Cl)cccc3Cl)c3cc(c(-c4c(Cl)cccc4Cl)c4ccc([nH]4)c(-c4c(Cl)cccc4Cl)c4nc(c2-c2c(Cl)cccc2Cl)C=C4)C(=O)N3)C=C1. The first-order chi connectivity index (χ1) is 41.4. The lowest BCUT2D eigenvalue weighted by Gasteiger charge is -2.12. The summed E-state index contributed by atoms with van der Waals surface area (Å²) in [5.41, 5.74) is 8.39. The molecule has 0 saturated carbocycles. The van der Waals surface area contributed by atoms with E-state index in [2.05, 4.69) is 20.6 Å². The van der Waals surface area contributed by atoms with E-state index < -0.39 is 11.8 Å². The molecule has 3 aromatic heterocycles. The van der Waals surface area contributed by atoms with Crippen LogP contribution in [-0.4, -0.2) is 31.8 Å². The molecule has 13 rings (SSSR count). The Morgan fingerprint density at radius 2 is 0.465 bits per heavy atom. The minimum absolute atomic E-state index is 0.148. The van der Waals surface area contributed by atoms with Crippen LogP contribution in [0.15, 0.2) is 146 Å². The Balaban J connectivity index is 1.29. The molecular formula is C66H32Cl12N6O2. The lowest BCUT2D eigenvalue weighted by atomic mass is 9.99. The van der Waals surface area contributed by atoms with Gasteiger partial charge in [-0.15, -0.1) is 0 Å². The van der Waals surface area contributed by atoms with E-state index in [1.54, 1.807) is 170 Å². The van der Waals surface area contributed by atoms with Crippen molar-refractivity contribution >= 4 is 209 Å². The zero-order chi connectivity index (χ0) is 60.0. The smallest absolute Gasteiger partial charge is 0.256 e. The lowest BCUT2D eigenvalue weighted by molar-refractivity contribution is 0.102. The second-order valence-corrected chi connectivity index (χ2v) is 24.6. The molecule has 422 valence electrons. The van der Waals surface area contributed by atoms with Crippen molar-refractivity contribution in [1.82, 2.24) is 19.9 Å². The molecule has 6 aromatic carbocycles. The predicted molar refractivity (Wildman–Crippen MR) is 363 cm³/mol. The van der Waals surface area contributed by atoms with Gasteiger partial charge in [-0.25, -0.2) is 9.97 Å². The zero-order valence-corrected chi connectivity index (χ0v) is 52.5. The van der Waals surface area contributed by atoms with Crippen LogP contribution in [0.3, 0.4) is 0 Å². The van der Waals surface area contributed by atoms with Crippen LogP contribution >= 0.6 is 139 Å². The van der Waals surface area contributed by atoms with Crippen LogP contribution in [0.2, 0.25) is 60.3 Å². The monoisotopic (exact) mass is 1360 g/mol. The van der Waals surface area contributed by atoms with E-state index in [0.29, 0.717) is 132 Å². The first kappa shape index (κ1) is 58.3. The van der Waals surface area contributed by atoms with Crippen LogP contribution in [0, 0.1) is 0 Å². The Morgan fingerprint density at radius 3 is 0.721 bits per heavy atom. The average Bonchev–Trinajstić information content (AvgIpc) is 2.07. The van der Waals surface area contributed by atoms with E-state index in [4.69, 9.17) is 149 Å². The van der Waals surface area contributed by atoms with Crippen LogP contribution in [0.25, 0.3) is 113 Å². The molecule has 0 spiro atoms. The fourth-order valence-corrected chi connectivity index (χ4v) is 14.5. The van der Waals surface area contributed by atoms with Crippen LogP contribution in [0.5, 0.6) is 0 Å².